The second-order valence-electron chi connectivity index (χ2n) is 17.0. The smallest absolute Gasteiger partial charge is 0.265 e. The van der Waals surface area contributed by atoms with Gasteiger partial charge in [-0.15, -0.1) is 0 Å². The van der Waals surface area contributed by atoms with Gasteiger partial charge in [-0.3, -0.25) is 19.3 Å². The van der Waals surface area contributed by atoms with E-state index in [9.17, 15) is 9.90 Å². The Bertz CT molecular complexity index is 2370. The molecule has 2 fully saturated rings. The second-order valence-corrected chi connectivity index (χ2v) is 18.3. The number of benzene rings is 3. The Kier molecular flexibility index (Phi) is 11.1. The van der Waals surface area contributed by atoms with Crippen molar-refractivity contribution < 1.29 is 19.4 Å². The molecule has 6 N–H and O–H groups in total. The number of aliphatic hydroxyl groups is 1. The fourth-order valence-corrected chi connectivity index (χ4v) is 9.41. The number of H-pyrrole nitrogens is 1. The number of rotatable bonds is 11. The van der Waals surface area contributed by atoms with Crippen LogP contribution >= 0.6 is 23.5 Å². The zero-order valence-corrected chi connectivity index (χ0v) is 35.0. The number of hydrogen-bond donors (Lipinski definition) is 5. The Morgan fingerprint density at radius 1 is 1.07 bits per heavy atom. The lowest BCUT2D eigenvalue weighted by atomic mass is 9.72. The van der Waals surface area contributed by atoms with Gasteiger partial charge in [0.1, 0.15) is 35.2 Å². The van der Waals surface area contributed by atoms with E-state index in [1.54, 1.807) is 6.20 Å². The fraction of sp³-hybridized carbons (Fsp3) is 0.378. The van der Waals surface area contributed by atoms with Gasteiger partial charge in [-0.05, 0) is 96.3 Å². The van der Waals surface area contributed by atoms with Gasteiger partial charge in [0.15, 0.2) is 0 Å². The van der Waals surface area contributed by atoms with Crippen LogP contribution in [0.25, 0.3) is 16.6 Å². The van der Waals surface area contributed by atoms with E-state index in [-0.39, 0.29) is 23.5 Å². The zero-order valence-electron chi connectivity index (χ0n) is 33.5. The Morgan fingerprint density at radius 2 is 1.88 bits per heavy atom. The number of nitrogens with zero attached hydrogens (tertiary/aromatic N) is 4. The van der Waals surface area contributed by atoms with Gasteiger partial charge >= 0.3 is 0 Å². The molecule has 308 valence electrons. The number of aromatic amines is 1. The first-order valence-electron chi connectivity index (χ1n) is 20.4. The van der Waals surface area contributed by atoms with E-state index in [1.807, 2.05) is 60.8 Å². The highest BCUT2D eigenvalue weighted by Gasteiger charge is 2.31. The number of pyridine rings is 1. The number of amides is 1. The number of halogens is 1. The fourth-order valence-electron chi connectivity index (χ4n) is 8.62. The minimum atomic E-state index is -0.301. The summed E-state index contributed by atoms with van der Waals surface area (Å²) >= 11 is 7.44. The number of nitrogens with one attached hydrogen (secondary N) is 3. The molecule has 3 aromatic carbocycles. The number of likely N-dealkylation sites (tertiary alicyclic amines) is 1. The normalized spacial score (nSPS) is 19.8. The number of allylic oxidation sites excluding steroid dienone is 1. The lowest BCUT2D eigenvalue weighted by molar-refractivity contribution is -0.00238. The van der Waals surface area contributed by atoms with Crippen molar-refractivity contribution >= 4 is 63.1 Å². The number of piperazine rings is 1. The standard InChI is InChI=1S/C45H51ClN8O4S/c1-45(2)11-9-30(38(21-45)28-3-5-31(46)6-4-28)23-52-13-15-54(16-14-52)33-7-8-37(40(18-33)58-35-17-29-10-12-48-43(29)49-22-35)44(56)51-59-36-19-39(47)42-41(20-36)57-27-32(50-42)24-53-25-34(55)26-53/h3-8,10,12,17-20,22,32,34,50,55H,9,11,13-16,21,23-27,47H2,1-2H3,(H,48,49)(H,51,56)/t32-/m0/s1. The number of anilines is 3. The molecule has 1 amide bonds. The summed E-state index contributed by atoms with van der Waals surface area (Å²) < 4.78 is 15.6. The Morgan fingerprint density at radius 3 is 2.68 bits per heavy atom. The second kappa shape index (κ2) is 16.6. The van der Waals surface area contributed by atoms with E-state index in [0.29, 0.717) is 48.2 Å². The van der Waals surface area contributed by atoms with Crippen molar-refractivity contribution in [2.45, 2.75) is 50.2 Å². The molecule has 0 saturated carbocycles. The number of hydrogen-bond acceptors (Lipinski definition) is 11. The first-order valence-corrected chi connectivity index (χ1v) is 21.6. The first kappa shape index (κ1) is 39.5. The highest BCUT2D eigenvalue weighted by atomic mass is 35.5. The summed E-state index contributed by atoms with van der Waals surface area (Å²) in [6, 6.07) is 21.8. The van der Waals surface area contributed by atoms with Crippen LogP contribution in [0.3, 0.4) is 0 Å². The number of nitrogens with two attached hydrogens (primary N) is 1. The molecular weight excluding hydrogens is 784 g/mol. The average molecular weight is 835 g/mol. The van der Waals surface area contributed by atoms with Gasteiger partial charge < -0.3 is 35.5 Å². The lowest BCUT2D eigenvalue weighted by Gasteiger charge is -2.39. The summed E-state index contributed by atoms with van der Waals surface area (Å²) in [5, 5.41) is 14.8. The van der Waals surface area contributed by atoms with E-state index in [4.69, 9.17) is 26.8 Å². The predicted molar refractivity (Wildman–Crippen MR) is 237 cm³/mol. The van der Waals surface area contributed by atoms with Crippen LogP contribution in [0.1, 0.15) is 49.0 Å². The van der Waals surface area contributed by atoms with Crippen molar-refractivity contribution in [3.05, 3.63) is 101 Å². The summed E-state index contributed by atoms with van der Waals surface area (Å²) in [5.41, 5.74) is 14.5. The van der Waals surface area contributed by atoms with Gasteiger partial charge in [0.2, 0.25) is 0 Å². The summed E-state index contributed by atoms with van der Waals surface area (Å²) in [6.45, 7) is 11.9. The van der Waals surface area contributed by atoms with E-state index in [1.165, 1.54) is 35.1 Å². The molecule has 5 heterocycles. The first-order chi connectivity index (χ1) is 28.5. The molecule has 3 aliphatic heterocycles. The molecule has 0 bridgehead atoms. The minimum absolute atomic E-state index is 0.0647. The van der Waals surface area contributed by atoms with Gasteiger partial charge in [-0.2, -0.15) is 0 Å². The maximum atomic E-state index is 13.9. The lowest BCUT2D eigenvalue weighted by Crippen LogP contribution is -2.55. The molecule has 1 atom stereocenters. The van der Waals surface area contributed by atoms with Gasteiger partial charge in [0.25, 0.3) is 5.91 Å². The maximum Gasteiger partial charge on any atom is 0.265 e. The van der Waals surface area contributed by atoms with Crippen LogP contribution in [0.2, 0.25) is 5.02 Å². The van der Waals surface area contributed by atoms with Gasteiger partial charge in [0, 0.05) is 85.6 Å². The third-order valence-electron chi connectivity index (χ3n) is 11.9. The Hall–Kier alpha value is -4.92. The van der Waals surface area contributed by atoms with Crippen LogP contribution in [0.4, 0.5) is 17.1 Å². The van der Waals surface area contributed by atoms with E-state index < -0.39 is 0 Å². The molecule has 59 heavy (non-hydrogen) atoms. The van der Waals surface area contributed by atoms with Gasteiger partial charge in [0.05, 0.1) is 29.6 Å². The third-order valence-corrected chi connectivity index (χ3v) is 12.9. The van der Waals surface area contributed by atoms with E-state index in [2.05, 4.69) is 60.7 Å². The van der Waals surface area contributed by atoms with Crippen LogP contribution in [0, 0.1) is 5.41 Å². The van der Waals surface area contributed by atoms with Crippen LogP contribution < -0.4 is 30.1 Å². The largest absolute Gasteiger partial charge is 0.489 e. The van der Waals surface area contributed by atoms with E-state index >= 15 is 0 Å². The van der Waals surface area contributed by atoms with Crippen molar-refractivity contribution in [1.29, 1.82) is 0 Å². The Labute approximate surface area is 354 Å². The number of carbonyl (C=O) groups excluding carboxylic acids is 1. The molecule has 0 unspecified atom stereocenters. The molecule has 5 aromatic rings. The number of β-amino-alcohol motifs (C(OH)–C–C–N with tert-alkyl or cyclic N) is 1. The van der Waals surface area contributed by atoms with Crippen LogP contribution in [0.5, 0.6) is 17.2 Å². The van der Waals surface area contributed by atoms with Crippen molar-refractivity contribution in [2.75, 3.05) is 74.9 Å². The maximum absolute atomic E-state index is 13.9. The molecule has 9 rings (SSSR count). The average Bonchev–Trinajstić information content (AvgIpc) is 3.69. The summed E-state index contributed by atoms with van der Waals surface area (Å²) in [7, 11) is 0. The SMILES string of the molecule is CC1(C)CCC(CN2CCN(c3ccc(C(=O)NSc4cc(N)c5c(c4)OC[C@H](CN4CC(O)C4)N5)c(Oc4cnc5[nH]ccc5c4)c3)CC2)=C(c2ccc(Cl)cc2)C1. The zero-order chi connectivity index (χ0) is 40.7. The summed E-state index contributed by atoms with van der Waals surface area (Å²) in [5.74, 6) is 1.33. The molecule has 0 spiro atoms. The Balaban J connectivity index is 0.890. The molecule has 14 heteroatoms. The number of fused-ring (bicyclic) bond motifs is 2. The number of nitrogen functional groups attached to an aromatic ring is 1. The molecule has 0 radical (unpaired) electrons. The molecule has 2 saturated heterocycles. The van der Waals surface area contributed by atoms with Crippen LogP contribution in [-0.2, 0) is 0 Å². The minimum Gasteiger partial charge on any atom is -0.489 e. The predicted octanol–water partition coefficient (Wildman–Crippen LogP) is 7.66. The third kappa shape index (κ3) is 9.00. The van der Waals surface area contributed by atoms with Crippen molar-refractivity contribution in [2.24, 2.45) is 5.41 Å². The number of carbonyl (C=O) groups is 1. The van der Waals surface area contributed by atoms with E-state index in [0.717, 1.165) is 84.4 Å². The molecule has 2 aromatic heterocycles. The highest BCUT2D eigenvalue weighted by Crippen LogP contribution is 2.44. The molecule has 12 nitrogen and oxygen atoms in total. The number of ether oxygens (including phenoxy) is 2. The van der Waals surface area contributed by atoms with Crippen molar-refractivity contribution in [1.82, 2.24) is 24.5 Å². The van der Waals surface area contributed by atoms with Gasteiger partial charge in [-0.1, -0.05) is 43.2 Å². The molecule has 1 aliphatic carbocycles. The number of aromatic nitrogens is 2. The highest BCUT2D eigenvalue weighted by molar-refractivity contribution is 7.98. The topological polar surface area (TPSA) is 144 Å². The number of aliphatic hydroxyl groups excluding tert-OH is 1. The monoisotopic (exact) mass is 834 g/mol. The van der Waals surface area contributed by atoms with Crippen LogP contribution in [-0.4, -0.2) is 102 Å². The van der Waals surface area contributed by atoms with Crippen LogP contribution in [0.15, 0.2) is 89.6 Å². The molecular formula is C45H51ClN8O4S. The van der Waals surface area contributed by atoms with Crippen molar-refractivity contribution in [3.8, 4) is 17.2 Å². The summed E-state index contributed by atoms with van der Waals surface area (Å²) in [6.07, 6.45) is 6.62. The van der Waals surface area contributed by atoms with Crippen molar-refractivity contribution in [3.63, 3.8) is 0 Å². The molecule has 4 aliphatic rings. The van der Waals surface area contributed by atoms with Gasteiger partial charge in [-0.25, -0.2) is 4.98 Å². The quantitative estimate of drug-likeness (QED) is 0.0661. The summed E-state index contributed by atoms with van der Waals surface area (Å²) in [4.78, 5) is 29.4.